The number of halogens is 2. The maximum atomic E-state index is 3.12. The average Bonchev–Trinajstić information content (AvgIpc) is 2.67. The van der Waals surface area contributed by atoms with Gasteiger partial charge in [-0.2, -0.15) is 11.6 Å². The summed E-state index contributed by atoms with van der Waals surface area (Å²) in [6.45, 7) is 4.27. The van der Waals surface area contributed by atoms with Crippen LogP contribution in [-0.2, 0) is 21.7 Å². The fraction of sp³-hybridized carbons (Fsp3) is 0.333. The van der Waals surface area contributed by atoms with Crippen LogP contribution in [0, 0.1) is 12.2 Å². The molecular weight excluding hydrogens is 263 g/mol. The normalized spacial score (nSPS) is 14.8. The van der Waals surface area contributed by atoms with Crippen molar-refractivity contribution in [3.8, 4) is 0 Å². The molecule has 0 spiro atoms. The van der Waals surface area contributed by atoms with Crippen molar-refractivity contribution in [2.75, 3.05) is 0 Å². The maximum Gasteiger partial charge on any atom is 4.00 e. The Labute approximate surface area is 120 Å². The Hall–Kier alpha value is 0.254. The second kappa shape index (κ2) is 12.3. The molecule has 0 saturated carbocycles. The van der Waals surface area contributed by atoms with Crippen molar-refractivity contribution in [2.45, 2.75) is 26.7 Å². The van der Waals surface area contributed by atoms with E-state index >= 15 is 0 Å². The Kier molecular flexibility index (Phi) is 17.0. The molecule has 0 bridgehead atoms. The van der Waals surface area contributed by atoms with Gasteiger partial charge in [-0.25, -0.2) is 23.8 Å². The van der Waals surface area contributed by atoms with E-state index in [1.165, 1.54) is 11.1 Å². The Morgan fingerprint density at radius 2 is 1.80 bits per heavy atom. The third kappa shape index (κ3) is 9.20. The molecule has 3 heteroatoms. The minimum Gasteiger partial charge on any atom is -1.00 e. The minimum absolute atomic E-state index is 0. The van der Waals surface area contributed by atoms with Crippen molar-refractivity contribution in [1.82, 2.24) is 0 Å². The molecule has 0 amide bonds. The van der Waals surface area contributed by atoms with Gasteiger partial charge in [0.25, 0.3) is 0 Å². The van der Waals surface area contributed by atoms with Crippen LogP contribution in [0.3, 0.4) is 0 Å². The van der Waals surface area contributed by atoms with Crippen LogP contribution in [-0.4, -0.2) is 0 Å². The molecule has 0 nitrogen and oxygen atoms in total. The van der Waals surface area contributed by atoms with Gasteiger partial charge in [-0.1, -0.05) is 6.92 Å². The van der Waals surface area contributed by atoms with Crippen LogP contribution >= 0.6 is 0 Å². The van der Waals surface area contributed by atoms with E-state index in [2.05, 4.69) is 38.2 Å². The predicted octanol–water partition coefficient (Wildman–Crippen LogP) is -2.60. The first-order valence-electron chi connectivity index (χ1n) is 4.25. The van der Waals surface area contributed by atoms with Crippen LogP contribution in [0.15, 0.2) is 35.5 Å². The fourth-order valence-electron chi connectivity index (χ4n) is 0.960. The third-order valence-electron chi connectivity index (χ3n) is 1.94. The second-order valence-electron chi connectivity index (χ2n) is 2.99. The molecule has 0 radical (unpaired) electrons. The Balaban J connectivity index is -0.000000165. The van der Waals surface area contributed by atoms with Gasteiger partial charge in [0.15, 0.2) is 0 Å². The average molecular weight is 277 g/mol. The summed E-state index contributed by atoms with van der Waals surface area (Å²) in [7, 11) is 0. The van der Waals surface area contributed by atoms with Crippen LogP contribution in [0.2, 0.25) is 0 Å². The molecule has 0 saturated heterocycles. The summed E-state index contributed by atoms with van der Waals surface area (Å²) in [4.78, 5) is 0. The summed E-state index contributed by atoms with van der Waals surface area (Å²) in [6.07, 6.45) is 16.2. The molecule has 2 rings (SSSR count). The molecule has 0 heterocycles. The van der Waals surface area contributed by atoms with Gasteiger partial charge in [-0.3, -0.25) is 12.2 Å². The van der Waals surface area contributed by atoms with Crippen LogP contribution in [0.1, 0.15) is 26.7 Å². The molecule has 15 heavy (non-hydrogen) atoms. The van der Waals surface area contributed by atoms with E-state index in [0.717, 1.165) is 12.8 Å². The van der Waals surface area contributed by atoms with Crippen molar-refractivity contribution in [1.29, 1.82) is 0 Å². The first kappa shape index (κ1) is 20.6. The summed E-state index contributed by atoms with van der Waals surface area (Å²) in [5.74, 6) is 0. The molecule has 0 N–H and O–H groups in total. The first-order chi connectivity index (χ1) is 5.80. The molecule has 0 aromatic rings. The van der Waals surface area contributed by atoms with E-state index in [0.29, 0.717) is 0 Å². The van der Waals surface area contributed by atoms with Crippen molar-refractivity contribution in [3.05, 3.63) is 47.6 Å². The van der Waals surface area contributed by atoms with Gasteiger partial charge in [0.2, 0.25) is 0 Å². The SMILES string of the molecule is CC1=C(C)C[C-]=C1.[C-]1=CC=CC1.[Cl-].[Cl-].[Ti+4]. The zero-order chi connectivity index (χ0) is 8.81. The van der Waals surface area contributed by atoms with Gasteiger partial charge >= 0.3 is 21.7 Å². The largest absolute Gasteiger partial charge is 4.00 e. The van der Waals surface area contributed by atoms with Crippen LogP contribution in [0.5, 0.6) is 0 Å². The van der Waals surface area contributed by atoms with E-state index in [4.69, 9.17) is 0 Å². The van der Waals surface area contributed by atoms with Gasteiger partial charge in [0, 0.05) is 0 Å². The molecule has 0 fully saturated rings. The van der Waals surface area contributed by atoms with Gasteiger partial charge in [0.1, 0.15) is 0 Å². The molecule has 2 aliphatic carbocycles. The second-order valence-corrected chi connectivity index (χ2v) is 2.99. The van der Waals surface area contributed by atoms with Gasteiger partial charge < -0.3 is 24.8 Å². The first-order valence-corrected chi connectivity index (χ1v) is 4.25. The van der Waals surface area contributed by atoms with Crippen molar-refractivity contribution in [2.24, 2.45) is 0 Å². The van der Waals surface area contributed by atoms with Gasteiger partial charge in [-0.15, -0.1) is 19.8 Å². The molecule has 0 aromatic heterocycles. The third-order valence-corrected chi connectivity index (χ3v) is 1.94. The van der Waals surface area contributed by atoms with E-state index in [-0.39, 0.29) is 46.5 Å². The zero-order valence-electron chi connectivity index (χ0n) is 8.98. The van der Waals surface area contributed by atoms with E-state index in [1.807, 2.05) is 12.2 Å². The number of allylic oxidation sites excluding steroid dienone is 8. The fourth-order valence-corrected chi connectivity index (χ4v) is 0.960. The quantitative estimate of drug-likeness (QED) is 0.336. The Morgan fingerprint density at radius 3 is 1.93 bits per heavy atom. The Bertz CT molecular complexity index is 253. The molecule has 0 aliphatic heterocycles. The summed E-state index contributed by atoms with van der Waals surface area (Å²) in [5, 5.41) is 0. The van der Waals surface area contributed by atoms with Crippen molar-refractivity contribution in [3.63, 3.8) is 0 Å². The maximum absolute atomic E-state index is 3.12. The smallest absolute Gasteiger partial charge is 1.00 e. The van der Waals surface area contributed by atoms with E-state index in [9.17, 15) is 0 Å². The number of hydrogen-bond acceptors (Lipinski definition) is 0. The molecule has 0 aromatic carbocycles. The van der Waals surface area contributed by atoms with Crippen LogP contribution < -0.4 is 24.8 Å². The van der Waals surface area contributed by atoms with Gasteiger partial charge in [0.05, 0.1) is 0 Å². The summed E-state index contributed by atoms with van der Waals surface area (Å²) < 4.78 is 0. The Morgan fingerprint density at radius 1 is 1.13 bits per heavy atom. The van der Waals surface area contributed by atoms with E-state index in [1.54, 1.807) is 0 Å². The van der Waals surface area contributed by atoms with Crippen molar-refractivity contribution < 1.29 is 46.5 Å². The monoisotopic (exact) mass is 276 g/mol. The molecule has 0 unspecified atom stereocenters. The molecular formula is C12H14Cl2Ti. The molecule has 2 aliphatic rings. The number of rotatable bonds is 0. The summed E-state index contributed by atoms with van der Waals surface area (Å²) in [6, 6.07) is 0. The number of hydrogen-bond donors (Lipinski definition) is 0. The minimum atomic E-state index is 0. The molecule has 80 valence electrons. The topological polar surface area (TPSA) is 0 Å². The zero-order valence-corrected chi connectivity index (χ0v) is 12.1. The molecule has 0 atom stereocenters. The van der Waals surface area contributed by atoms with Gasteiger partial charge in [-0.05, 0) is 0 Å². The van der Waals surface area contributed by atoms with E-state index < -0.39 is 0 Å². The van der Waals surface area contributed by atoms with Crippen LogP contribution in [0.25, 0.3) is 0 Å². The van der Waals surface area contributed by atoms with Crippen molar-refractivity contribution >= 4 is 0 Å². The summed E-state index contributed by atoms with van der Waals surface area (Å²) >= 11 is 0. The summed E-state index contributed by atoms with van der Waals surface area (Å²) in [5.41, 5.74) is 2.85. The predicted molar refractivity (Wildman–Crippen MR) is 52.4 cm³/mol. The van der Waals surface area contributed by atoms with Crippen LogP contribution in [0.4, 0.5) is 0 Å². The standard InChI is InChI=1S/C7H9.C5H5.2ClH.Ti/c1-6-4-3-5-7(6)2;1-2-4-5-3-1;;;/h4H,5H2,1-2H3;1-3H,4H2;2*1H;/q2*-1;;;+4/p-2.